The number of ether oxygens (including phenoxy) is 2. The van der Waals surface area contributed by atoms with Gasteiger partial charge in [-0.15, -0.1) is 0 Å². The maximum absolute atomic E-state index is 11.5. The van der Waals surface area contributed by atoms with E-state index in [4.69, 9.17) is 4.74 Å². The van der Waals surface area contributed by atoms with E-state index in [-0.39, 0.29) is 13.2 Å². The third-order valence-electron chi connectivity index (χ3n) is 0.883. The summed E-state index contributed by atoms with van der Waals surface area (Å²) in [6, 6.07) is 0. The number of rotatable bonds is 6. The Hall–Kier alpha value is -0.225. The summed E-state index contributed by atoms with van der Waals surface area (Å²) in [4.78, 5) is 0. The van der Waals surface area contributed by atoms with Gasteiger partial charge in [0.1, 0.15) is 0 Å². The summed E-state index contributed by atoms with van der Waals surface area (Å²) >= 11 is 0. The molecule has 0 aliphatic heterocycles. The minimum atomic E-state index is -4.80. The van der Waals surface area contributed by atoms with Gasteiger partial charge in [0, 0.05) is 13.1 Å². The molecule has 0 saturated carbocycles. The van der Waals surface area contributed by atoms with Gasteiger partial charge in [-0.3, -0.25) is 0 Å². The first-order chi connectivity index (χ1) is 5.06. The Balaban J connectivity index is 3.02. The van der Waals surface area contributed by atoms with Crippen LogP contribution >= 0.6 is 0 Å². The topological polar surface area (TPSA) is 18.5 Å². The molecule has 0 N–H and O–H groups in total. The van der Waals surface area contributed by atoms with Gasteiger partial charge >= 0.3 is 6.98 Å². The van der Waals surface area contributed by atoms with Crippen molar-refractivity contribution in [2.45, 2.75) is 6.92 Å². The van der Waals surface area contributed by atoms with E-state index in [0.717, 1.165) is 0 Å². The maximum atomic E-state index is 11.5. The molecule has 0 amide bonds. The van der Waals surface area contributed by atoms with Crippen LogP contribution in [0.3, 0.4) is 0 Å². The second kappa shape index (κ2) is 5.43. The second-order valence-electron chi connectivity index (χ2n) is 1.98. The maximum Gasteiger partial charge on any atom is 0.503 e. The third-order valence-corrected chi connectivity index (χ3v) is 0.883. The summed E-state index contributed by atoms with van der Waals surface area (Å²) in [6.07, 6.45) is 0. The van der Waals surface area contributed by atoms with Crippen molar-refractivity contribution in [3.05, 3.63) is 0 Å². The van der Waals surface area contributed by atoms with Crippen LogP contribution < -0.4 is 0 Å². The zero-order valence-corrected chi connectivity index (χ0v) is 6.36. The van der Waals surface area contributed by atoms with Crippen LogP contribution in [0.2, 0.25) is 0 Å². The summed E-state index contributed by atoms with van der Waals surface area (Å²) in [6.45, 7) is -3.43. The van der Waals surface area contributed by atoms with Crippen LogP contribution in [-0.2, 0) is 9.47 Å². The summed E-state index contributed by atoms with van der Waals surface area (Å²) in [5.74, 6) is 0. The van der Waals surface area contributed by atoms with Crippen LogP contribution in [0, 0.1) is 0 Å². The fourth-order valence-electron chi connectivity index (χ4n) is 0.479. The molecule has 0 atom stereocenters. The Morgan fingerprint density at radius 3 is 2.09 bits per heavy atom. The molecule has 0 rings (SSSR count). The fraction of sp³-hybridized carbons (Fsp3) is 1.00. The molecular formula is C5H11BF3O2-. The molecule has 6 heteroatoms. The Kier molecular flexibility index (Phi) is 5.32. The summed E-state index contributed by atoms with van der Waals surface area (Å²) in [7, 11) is 0. The lowest BCUT2D eigenvalue weighted by atomic mass is 9.95. The first-order valence-electron chi connectivity index (χ1n) is 3.42. The van der Waals surface area contributed by atoms with Crippen molar-refractivity contribution in [2.24, 2.45) is 0 Å². The Labute approximate surface area is 63.7 Å². The number of halogens is 3. The SMILES string of the molecule is CCOCCOC[B-](F)(F)F. The largest absolute Gasteiger partial charge is 0.503 e. The van der Waals surface area contributed by atoms with Crippen LogP contribution in [0.5, 0.6) is 0 Å². The van der Waals surface area contributed by atoms with Gasteiger partial charge in [-0.05, 0) is 6.92 Å². The summed E-state index contributed by atoms with van der Waals surface area (Å²) in [5.41, 5.74) is 0. The lowest BCUT2D eigenvalue weighted by Crippen LogP contribution is -2.25. The molecular weight excluding hydrogens is 160 g/mol. The average molecular weight is 171 g/mol. The van der Waals surface area contributed by atoms with Crippen LogP contribution in [0.25, 0.3) is 0 Å². The quantitative estimate of drug-likeness (QED) is 0.444. The van der Waals surface area contributed by atoms with Gasteiger partial charge in [-0.1, -0.05) is 0 Å². The molecule has 0 fully saturated rings. The molecule has 0 aromatic carbocycles. The predicted molar refractivity (Wildman–Crippen MR) is 36.4 cm³/mol. The van der Waals surface area contributed by atoms with Crippen molar-refractivity contribution in [1.29, 1.82) is 0 Å². The highest BCUT2D eigenvalue weighted by molar-refractivity contribution is 6.58. The van der Waals surface area contributed by atoms with E-state index in [1.807, 2.05) is 0 Å². The highest BCUT2D eigenvalue weighted by Crippen LogP contribution is 2.07. The van der Waals surface area contributed by atoms with Gasteiger partial charge in [0.2, 0.25) is 0 Å². The zero-order chi connectivity index (χ0) is 8.74. The minimum Gasteiger partial charge on any atom is -0.447 e. The van der Waals surface area contributed by atoms with Gasteiger partial charge in [0.05, 0.1) is 13.2 Å². The first-order valence-corrected chi connectivity index (χ1v) is 3.42. The molecule has 0 bridgehead atoms. The summed E-state index contributed by atoms with van der Waals surface area (Å²) in [5, 5.41) is 0. The van der Waals surface area contributed by atoms with Crippen molar-refractivity contribution < 1.29 is 22.4 Å². The van der Waals surface area contributed by atoms with Crippen molar-refractivity contribution in [3.8, 4) is 0 Å². The molecule has 2 nitrogen and oxygen atoms in total. The molecule has 0 aliphatic rings. The minimum absolute atomic E-state index is 0.00903. The molecule has 0 aromatic rings. The van der Waals surface area contributed by atoms with E-state index in [0.29, 0.717) is 6.61 Å². The predicted octanol–water partition coefficient (Wildman–Crippen LogP) is 1.43. The van der Waals surface area contributed by atoms with Crippen molar-refractivity contribution in [2.75, 3.05) is 26.3 Å². The van der Waals surface area contributed by atoms with Gasteiger partial charge in [0.25, 0.3) is 0 Å². The monoisotopic (exact) mass is 171 g/mol. The summed E-state index contributed by atoms with van der Waals surface area (Å²) < 4.78 is 43.4. The molecule has 68 valence electrons. The molecule has 0 radical (unpaired) electrons. The highest BCUT2D eigenvalue weighted by atomic mass is 19.4. The van der Waals surface area contributed by atoms with Crippen LogP contribution in [-0.4, -0.2) is 33.3 Å². The third kappa shape index (κ3) is 9.77. The zero-order valence-electron chi connectivity index (χ0n) is 6.36. The van der Waals surface area contributed by atoms with Gasteiger partial charge in [-0.2, -0.15) is 0 Å². The molecule has 0 spiro atoms. The number of hydrogen-bond donors (Lipinski definition) is 0. The van der Waals surface area contributed by atoms with E-state index in [2.05, 4.69) is 4.74 Å². The highest BCUT2D eigenvalue weighted by Gasteiger charge is 2.22. The normalized spacial score (nSPS) is 12.0. The van der Waals surface area contributed by atoms with Crippen molar-refractivity contribution in [3.63, 3.8) is 0 Å². The lowest BCUT2D eigenvalue weighted by Gasteiger charge is -2.13. The van der Waals surface area contributed by atoms with E-state index in [1.165, 1.54) is 0 Å². The Morgan fingerprint density at radius 1 is 1.09 bits per heavy atom. The molecule has 0 heterocycles. The van der Waals surface area contributed by atoms with E-state index < -0.39 is 13.5 Å². The lowest BCUT2D eigenvalue weighted by molar-refractivity contribution is 0.0617. The van der Waals surface area contributed by atoms with Gasteiger partial charge in [0.15, 0.2) is 0 Å². The molecule has 11 heavy (non-hydrogen) atoms. The first kappa shape index (κ1) is 10.8. The molecule has 0 aliphatic carbocycles. The smallest absolute Gasteiger partial charge is 0.447 e. The Bertz CT molecular complexity index is 96.2. The molecule has 0 saturated heterocycles. The van der Waals surface area contributed by atoms with Gasteiger partial charge in [-0.25, -0.2) is 0 Å². The van der Waals surface area contributed by atoms with Crippen molar-refractivity contribution >= 4 is 6.98 Å². The van der Waals surface area contributed by atoms with Crippen LogP contribution in [0.4, 0.5) is 12.9 Å². The second-order valence-corrected chi connectivity index (χ2v) is 1.98. The Morgan fingerprint density at radius 2 is 1.64 bits per heavy atom. The number of hydrogen-bond acceptors (Lipinski definition) is 2. The average Bonchev–Trinajstić information content (AvgIpc) is 1.85. The van der Waals surface area contributed by atoms with E-state index in [1.54, 1.807) is 6.92 Å². The van der Waals surface area contributed by atoms with Crippen LogP contribution in [0.1, 0.15) is 6.92 Å². The molecule has 0 unspecified atom stereocenters. The van der Waals surface area contributed by atoms with E-state index >= 15 is 0 Å². The van der Waals surface area contributed by atoms with Crippen LogP contribution in [0.15, 0.2) is 0 Å². The molecule has 0 aromatic heterocycles. The fourth-order valence-corrected chi connectivity index (χ4v) is 0.479. The van der Waals surface area contributed by atoms with E-state index in [9.17, 15) is 12.9 Å². The van der Waals surface area contributed by atoms with Gasteiger partial charge < -0.3 is 22.4 Å². The standard InChI is InChI=1S/C5H11BF3O2/c1-2-10-3-4-11-5-6(7,8)9/h2-5H2,1H3/q-1. The van der Waals surface area contributed by atoms with Crippen molar-refractivity contribution in [1.82, 2.24) is 0 Å².